The third-order valence-electron chi connectivity index (χ3n) is 6.85. The molecule has 3 unspecified atom stereocenters. The highest BCUT2D eigenvalue weighted by Gasteiger charge is 2.48. The van der Waals surface area contributed by atoms with Crippen LogP contribution >= 0.6 is 0 Å². The van der Waals surface area contributed by atoms with Crippen LogP contribution in [0.5, 0.6) is 0 Å². The highest BCUT2D eigenvalue weighted by atomic mass is 19.1. The summed E-state index contributed by atoms with van der Waals surface area (Å²) >= 11 is 0. The van der Waals surface area contributed by atoms with Crippen molar-refractivity contribution in [2.75, 3.05) is 11.4 Å². The van der Waals surface area contributed by atoms with Gasteiger partial charge in [-0.25, -0.2) is 9.18 Å². The molecule has 3 atom stereocenters. The minimum atomic E-state index is -0.993. The molecule has 180 valence electrons. The van der Waals surface area contributed by atoms with Crippen LogP contribution in [0, 0.1) is 11.7 Å². The number of fused-ring (bicyclic) bond motifs is 2. The summed E-state index contributed by atoms with van der Waals surface area (Å²) in [6.07, 6.45) is 1.43. The fraction of sp³-hybridized carbons (Fsp3) is 0.423. The fourth-order valence-electron chi connectivity index (χ4n) is 5.39. The number of nitrogens with zero attached hydrogens (tertiary/aromatic N) is 2. The SMILES string of the molecule is CCN(C(=O)CCC(=O)O)C1CCC2C1Cc1ccccc1N2C(=O)OCc1cccc(F)c1. The molecule has 2 amide bonds. The number of anilines is 1. The number of carboxylic acid groups (broad SMARTS) is 1. The highest BCUT2D eigenvalue weighted by Crippen LogP contribution is 2.44. The minimum absolute atomic E-state index is 0.0188. The number of rotatable bonds is 7. The molecule has 34 heavy (non-hydrogen) atoms. The number of hydrogen-bond acceptors (Lipinski definition) is 4. The Kier molecular flexibility index (Phi) is 7.14. The molecule has 8 heteroatoms. The molecule has 1 aliphatic heterocycles. The van der Waals surface area contributed by atoms with Crippen molar-refractivity contribution >= 4 is 23.7 Å². The molecule has 2 aliphatic rings. The van der Waals surface area contributed by atoms with Crippen LogP contribution in [-0.2, 0) is 27.4 Å². The van der Waals surface area contributed by atoms with Crippen LogP contribution in [0.1, 0.15) is 43.7 Å². The average molecular weight is 469 g/mol. The Hall–Kier alpha value is -3.42. The molecule has 1 heterocycles. The topological polar surface area (TPSA) is 87.2 Å². The van der Waals surface area contributed by atoms with Crippen LogP contribution in [0.15, 0.2) is 48.5 Å². The number of carbonyl (C=O) groups is 3. The van der Waals surface area contributed by atoms with E-state index in [1.165, 1.54) is 12.1 Å². The van der Waals surface area contributed by atoms with Gasteiger partial charge in [-0.2, -0.15) is 0 Å². The van der Waals surface area contributed by atoms with Gasteiger partial charge in [0.2, 0.25) is 5.91 Å². The molecular weight excluding hydrogens is 439 g/mol. The lowest BCUT2D eigenvalue weighted by atomic mass is 9.85. The second kappa shape index (κ2) is 10.2. The van der Waals surface area contributed by atoms with Crippen LogP contribution in [0.25, 0.3) is 0 Å². The Balaban J connectivity index is 1.55. The summed E-state index contributed by atoms with van der Waals surface area (Å²) < 4.78 is 19.1. The molecule has 1 fully saturated rings. The van der Waals surface area contributed by atoms with Crippen LogP contribution in [-0.4, -0.2) is 46.6 Å². The first-order valence-electron chi connectivity index (χ1n) is 11.7. The number of amides is 2. The summed E-state index contributed by atoms with van der Waals surface area (Å²) in [5, 5.41) is 8.97. The zero-order valence-corrected chi connectivity index (χ0v) is 19.2. The smallest absolute Gasteiger partial charge is 0.414 e. The Bertz CT molecular complexity index is 1070. The van der Waals surface area contributed by atoms with Gasteiger partial charge in [-0.1, -0.05) is 30.3 Å². The maximum Gasteiger partial charge on any atom is 0.414 e. The molecule has 0 saturated heterocycles. The van der Waals surface area contributed by atoms with Gasteiger partial charge >= 0.3 is 12.1 Å². The normalized spacial score (nSPS) is 20.9. The van der Waals surface area contributed by atoms with E-state index in [1.807, 2.05) is 31.2 Å². The van der Waals surface area contributed by atoms with Crippen molar-refractivity contribution in [2.45, 2.75) is 57.7 Å². The van der Waals surface area contributed by atoms with Crippen molar-refractivity contribution in [3.8, 4) is 0 Å². The molecule has 0 aromatic heterocycles. The number of carbonyl (C=O) groups excluding carboxylic acids is 2. The largest absolute Gasteiger partial charge is 0.481 e. The van der Waals surface area contributed by atoms with Gasteiger partial charge in [-0.15, -0.1) is 0 Å². The predicted octanol–water partition coefficient (Wildman–Crippen LogP) is 4.39. The van der Waals surface area contributed by atoms with Gasteiger partial charge in [0.05, 0.1) is 12.1 Å². The van der Waals surface area contributed by atoms with Gasteiger partial charge in [0.25, 0.3) is 0 Å². The molecule has 4 rings (SSSR count). The number of benzene rings is 2. The molecule has 1 N–H and O–H groups in total. The Morgan fingerprint density at radius 2 is 1.91 bits per heavy atom. The van der Waals surface area contributed by atoms with Crippen molar-refractivity contribution in [3.63, 3.8) is 0 Å². The number of aliphatic carboxylic acids is 1. The first kappa shape index (κ1) is 23.7. The number of carboxylic acids is 1. The monoisotopic (exact) mass is 468 g/mol. The molecule has 0 spiro atoms. The molecule has 2 aromatic rings. The maximum atomic E-state index is 13.5. The van der Waals surface area contributed by atoms with E-state index in [2.05, 4.69) is 0 Å². The van der Waals surface area contributed by atoms with Crippen LogP contribution in [0.3, 0.4) is 0 Å². The van der Waals surface area contributed by atoms with Gasteiger partial charge < -0.3 is 14.7 Å². The molecule has 0 radical (unpaired) electrons. The second-order valence-electron chi connectivity index (χ2n) is 8.84. The summed E-state index contributed by atoms with van der Waals surface area (Å²) in [6.45, 7) is 2.34. The molecule has 0 bridgehead atoms. The fourth-order valence-corrected chi connectivity index (χ4v) is 5.39. The van der Waals surface area contributed by atoms with Crippen molar-refractivity contribution in [1.82, 2.24) is 4.90 Å². The highest BCUT2D eigenvalue weighted by molar-refractivity contribution is 5.90. The molecular formula is C26H29FN2O5. The first-order chi connectivity index (χ1) is 16.4. The summed E-state index contributed by atoms with van der Waals surface area (Å²) in [4.78, 5) is 40.5. The number of halogens is 1. The van der Waals surface area contributed by atoms with E-state index in [9.17, 15) is 18.8 Å². The Morgan fingerprint density at radius 1 is 1.12 bits per heavy atom. The van der Waals surface area contributed by atoms with Crippen molar-refractivity contribution < 1.29 is 28.6 Å². The van der Waals surface area contributed by atoms with Gasteiger partial charge in [-0.05, 0) is 55.5 Å². The number of hydrogen-bond donors (Lipinski definition) is 1. The molecule has 7 nitrogen and oxygen atoms in total. The molecule has 2 aromatic carbocycles. The van der Waals surface area contributed by atoms with E-state index in [4.69, 9.17) is 9.84 Å². The number of ether oxygens (including phenoxy) is 1. The predicted molar refractivity (Wildman–Crippen MR) is 124 cm³/mol. The van der Waals surface area contributed by atoms with Crippen LogP contribution < -0.4 is 4.90 Å². The van der Waals surface area contributed by atoms with E-state index < -0.39 is 12.1 Å². The van der Waals surface area contributed by atoms with E-state index in [0.29, 0.717) is 18.5 Å². The van der Waals surface area contributed by atoms with Crippen LogP contribution in [0.2, 0.25) is 0 Å². The third kappa shape index (κ3) is 4.90. The lowest BCUT2D eigenvalue weighted by molar-refractivity contribution is -0.142. The quantitative estimate of drug-likeness (QED) is 0.652. The first-order valence-corrected chi connectivity index (χ1v) is 11.7. The second-order valence-corrected chi connectivity index (χ2v) is 8.84. The van der Waals surface area contributed by atoms with E-state index in [0.717, 1.165) is 24.1 Å². The standard InChI is InChI=1S/C26H29FN2O5/c1-2-28(24(30)12-13-25(31)32)22-10-11-23-20(22)15-18-7-3-4-9-21(18)29(23)26(33)34-16-17-6-5-8-19(27)14-17/h3-9,14,20,22-23H,2,10-13,15-16H2,1H3,(H,31,32). The van der Waals surface area contributed by atoms with E-state index >= 15 is 0 Å². The van der Waals surface area contributed by atoms with Gasteiger partial charge in [0.15, 0.2) is 0 Å². The van der Waals surface area contributed by atoms with Crippen molar-refractivity contribution in [2.24, 2.45) is 5.92 Å². The number of para-hydroxylation sites is 1. The lowest BCUT2D eigenvalue weighted by Crippen LogP contribution is -2.52. The van der Waals surface area contributed by atoms with Crippen molar-refractivity contribution in [3.05, 3.63) is 65.5 Å². The van der Waals surface area contributed by atoms with E-state index in [-0.39, 0.29) is 49.2 Å². The van der Waals surface area contributed by atoms with Crippen LogP contribution in [0.4, 0.5) is 14.9 Å². The molecule has 1 aliphatic carbocycles. The Morgan fingerprint density at radius 3 is 2.65 bits per heavy atom. The third-order valence-corrected chi connectivity index (χ3v) is 6.85. The summed E-state index contributed by atoms with van der Waals surface area (Å²) in [5.74, 6) is -1.53. The average Bonchev–Trinajstić information content (AvgIpc) is 3.23. The summed E-state index contributed by atoms with van der Waals surface area (Å²) in [5.41, 5.74) is 2.38. The Labute approximate surface area is 198 Å². The lowest BCUT2D eigenvalue weighted by Gasteiger charge is -2.42. The summed E-state index contributed by atoms with van der Waals surface area (Å²) in [6, 6.07) is 13.4. The van der Waals surface area contributed by atoms with Gasteiger partial charge in [0, 0.05) is 31.0 Å². The van der Waals surface area contributed by atoms with Gasteiger partial charge in [-0.3, -0.25) is 14.5 Å². The molecule has 1 saturated carbocycles. The summed E-state index contributed by atoms with van der Waals surface area (Å²) in [7, 11) is 0. The van der Waals surface area contributed by atoms with Crippen molar-refractivity contribution in [1.29, 1.82) is 0 Å². The maximum absolute atomic E-state index is 13.5. The van der Waals surface area contributed by atoms with E-state index in [1.54, 1.807) is 21.9 Å². The van der Waals surface area contributed by atoms with Gasteiger partial charge in [0.1, 0.15) is 12.4 Å². The minimum Gasteiger partial charge on any atom is -0.481 e. The zero-order valence-electron chi connectivity index (χ0n) is 19.2. The zero-order chi connectivity index (χ0) is 24.2.